The van der Waals surface area contributed by atoms with Crippen LogP contribution in [0.1, 0.15) is 15.9 Å². The third-order valence-electron chi connectivity index (χ3n) is 3.22. The maximum absolute atomic E-state index is 12.4. The van der Waals surface area contributed by atoms with Gasteiger partial charge in [-0.05, 0) is 17.7 Å². The van der Waals surface area contributed by atoms with Gasteiger partial charge < -0.3 is 19.5 Å². The van der Waals surface area contributed by atoms with Gasteiger partial charge in [0.2, 0.25) is 0 Å². The molecule has 1 amide bonds. The Morgan fingerprint density at radius 3 is 2.48 bits per heavy atom. The molecule has 0 fully saturated rings. The number of ether oxygens (including phenoxy) is 3. The van der Waals surface area contributed by atoms with E-state index in [0.717, 1.165) is 5.56 Å². The van der Waals surface area contributed by atoms with E-state index in [1.54, 1.807) is 31.4 Å². The van der Waals surface area contributed by atoms with Gasteiger partial charge in [0.1, 0.15) is 11.5 Å². The summed E-state index contributed by atoms with van der Waals surface area (Å²) in [7, 11) is 4.62. The molecule has 0 atom stereocenters. The zero-order chi connectivity index (χ0) is 16.8. The lowest BCUT2D eigenvalue weighted by Gasteiger charge is -2.13. The Hall–Kier alpha value is -2.24. The van der Waals surface area contributed by atoms with Crippen LogP contribution in [0.2, 0.25) is 5.02 Å². The van der Waals surface area contributed by atoms with Crippen molar-refractivity contribution in [2.75, 3.05) is 26.6 Å². The van der Waals surface area contributed by atoms with Crippen molar-refractivity contribution in [3.05, 3.63) is 52.5 Å². The Balaban J connectivity index is 2.27. The van der Waals surface area contributed by atoms with Gasteiger partial charge >= 0.3 is 0 Å². The number of rotatable bonds is 6. The molecule has 1 N–H and O–H groups in total. The van der Waals surface area contributed by atoms with Crippen LogP contribution >= 0.6 is 11.6 Å². The van der Waals surface area contributed by atoms with Crippen molar-refractivity contribution in [1.29, 1.82) is 0 Å². The van der Waals surface area contributed by atoms with E-state index in [1.807, 2.05) is 12.1 Å². The van der Waals surface area contributed by atoms with Gasteiger partial charge in [0, 0.05) is 24.8 Å². The molecule has 0 unspecified atom stereocenters. The Morgan fingerprint density at radius 2 is 1.83 bits per heavy atom. The number of anilines is 1. The zero-order valence-electron chi connectivity index (χ0n) is 13.2. The van der Waals surface area contributed by atoms with Gasteiger partial charge in [-0.25, -0.2) is 0 Å². The second-order valence-corrected chi connectivity index (χ2v) is 5.18. The molecule has 0 aliphatic rings. The third kappa shape index (κ3) is 4.15. The zero-order valence-corrected chi connectivity index (χ0v) is 13.9. The van der Waals surface area contributed by atoms with Gasteiger partial charge in [-0.2, -0.15) is 0 Å². The van der Waals surface area contributed by atoms with E-state index >= 15 is 0 Å². The summed E-state index contributed by atoms with van der Waals surface area (Å²) >= 11 is 6.06. The largest absolute Gasteiger partial charge is 0.495 e. The number of methoxy groups -OCH3 is 3. The summed E-state index contributed by atoms with van der Waals surface area (Å²) in [4.78, 5) is 12.4. The topological polar surface area (TPSA) is 56.8 Å². The maximum atomic E-state index is 12.4. The quantitative estimate of drug-likeness (QED) is 0.873. The van der Waals surface area contributed by atoms with Crippen LogP contribution in [0, 0.1) is 0 Å². The van der Waals surface area contributed by atoms with Crippen LogP contribution in [-0.2, 0) is 11.3 Å². The fourth-order valence-corrected chi connectivity index (χ4v) is 2.35. The number of amides is 1. The Kier molecular flexibility index (Phi) is 5.84. The molecule has 0 bridgehead atoms. The van der Waals surface area contributed by atoms with Gasteiger partial charge in [-0.15, -0.1) is 0 Å². The van der Waals surface area contributed by atoms with E-state index in [1.165, 1.54) is 14.2 Å². The van der Waals surface area contributed by atoms with Crippen molar-refractivity contribution in [2.45, 2.75) is 6.61 Å². The normalized spacial score (nSPS) is 10.3. The minimum absolute atomic E-state index is 0.259. The lowest BCUT2D eigenvalue weighted by molar-refractivity contribution is 0.102. The summed E-state index contributed by atoms with van der Waals surface area (Å²) in [6.45, 7) is 0.444. The van der Waals surface area contributed by atoms with Crippen LogP contribution in [0.5, 0.6) is 11.5 Å². The SMILES string of the molecule is COCc1cccc(C(=O)Nc2cc(OC)c(Cl)cc2OC)c1. The average molecular weight is 336 g/mol. The first-order valence-electron chi connectivity index (χ1n) is 6.89. The van der Waals surface area contributed by atoms with Crippen molar-refractivity contribution in [3.8, 4) is 11.5 Å². The fraction of sp³-hybridized carbons (Fsp3) is 0.235. The van der Waals surface area contributed by atoms with Crippen LogP contribution in [-0.4, -0.2) is 27.2 Å². The molecule has 0 heterocycles. The van der Waals surface area contributed by atoms with E-state index < -0.39 is 0 Å². The second-order valence-electron chi connectivity index (χ2n) is 4.77. The first-order chi connectivity index (χ1) is 11.1. The molecule has 0 aromatic heterocycles. The molecule has 6 heteroatoms. The number of benzene rings is 2. The van der Waals surface area contributed by atoms with Gasteiger partial charge in [-0.3, -0.25) is 4.79 Å². The van der Waals surface area contributed by atoms with Crippen molar-refractivity contribution in [1.82, 2.24) is 0 Å². The fourth-order valence-electron chi connectivity index (χ4n) is 2.12. The Bertz CT molecular complexity index is 703. The Labute approximate surface area is 140 Å². The lowest BCUT2D eigenvalue weighted by atomic mass is 10.1. The summed E-state index contributed by atoms with van der Waals surface area (Å²) in [6.07, 6.45) is 0. The molecule has 0 aliphatic carbocycles. The van der Waals surface area contributed by atoms with Gasteiger partial charge in [0.15, 0.2) is 0 Å². The number of hydrogen-bond acceptors (Lipinski definition) is 4. The number of hydrogen-bond donors (Lipinski definition) is 1. The van der Waals surface area contributed by atoms with Crippen molar-refractivity contribution < 1.29 is 19.0 Å². The molecule has 2 aromatic rings. The van der Waals surface area contributed by atoms with Crippen molar-refractivity contribution in [2.24, 2.45) is 0 Å². The molecule has 0 aliphatic heterocycles. The van der Waals surface area contributed by atoms with Crippen molar-refractivity contribution in [3.63, 3.8) is 0 Å². The van der Waals surface area contributed by atoms with E-state index in [0.29, 0.717) is 34.4 Å². The molecule has 2 aromatic carbocycles. The first kappa shape index (κ1) is 17.1. The molecule has 5 nitrogen and oxygen atoms in total. The number of nitrogens with one attached hydrogen (secondary N) is 1. The highest BCUT2D eigenvalue weighted by atomic mass is 35.5. The molecule has 122 valence electrons. The van der Waals surface area contributed by atoms with E-state index in [-0.39, 0.29) is 5.91 Å². The summed E-state index contributed by atoms with van der Waals surface area (Å²) in [5.74, 6) is 0.652. The molecule has 0 saturated carbocycles. The number of carbonyl (C=O) groups excluding carboxylic acids is 1. The number of halogens is 1. The average Bonchev–Trinajstić information content (AvgIpc) is 2.56. The minimum Gasteiger partial charge on any atom is -0.495 e. The predicted molar refractivity (Wildman–Crippen MR) is 89.7 cm³/mol. The minimum atomic E-state index is -0.259. The molecule has 0 spiro atoms. The highest BCUT2D eigenvalue weighted by Gasteiger charge is 2.14. The summed E-state index contributed by atoms with van der Waals surface area (Å²) in [5, 5.41) is 3.21. The van der Waals surface area contributed by atoms with Crippen LogP contribution in [0.3, 0.4) is 0 Å². The van der Waals surface area contributed by atoms with E-state index in [2.05, 4.69) is 5.32 Å². The summed E-state index contributed by atoms with van der Waals surface area (Å²) in [5.41, 5.74) is 1.92. The maximum Gasteiger partial charge on any atom is 0.255 e. The van der Waals surface area contributed by atoms with E-state index in [9.17, 15) is 4.79 Å². The summed E-state index contributed by atoms with van der Waals surface area (Å²) in [6, 6.07) is 10.4. The predicted octanol–water partition coefficient (Wildman–Crippen LogP) is 3.76. The van der Waals surface area contributed by atoms with Crippen LogP contribution in [0.25, 0.3) is 0 Å². The third-order valence-corrected chi connectivity index (χ3v) is 3.52. The van der Waals surface area contributed by atoms with Crippen molar-refractivity contribution >= 4 is 23.2 Å². The van der Waals surface area contributed by atoms with Crippen LogP contribution < -0.4 is 14.8 Å². The van der Waals surface area contributed by atoms with Crippen LogP contribution in [0.4, 0.5) is 5.69 Å². The first-order valence-corrected chi connectivity index (χ1v) is 7.27. The molecular formula is C17H18ClNO4. The smallest absolute Gasteiger partial charge is 0.255 e. The highest BCUT2D eigenvalue weighted by Crippen LogP contribution is 2.36. The number of carbonyl (C=O) groups is 1. The monoisotopic (exact) mass is 335 g/mol. The van der Waals surface area contributed by atoms with Gasteiger partial charge in [0.25, 0.3) is 5.91 Å². The van der Waals surface area contributed by atoms with Gasteiger partial charge in [-0.1, -0.05) is 23.7 Å². The second kappa shape index (κ2) is 7.85. The molecule has 0 saturated heterocycles. The summed E-state index contributed by atoms with van der Waals surface area (Å²) < 4.78 is 15.5. The van der Waals surface area contributed by atoms with Crippen LogP contribution in [0.15, 0.2) is 36.4 Å². The Morgan fingerprint density at radius 1 is 1.09 bits per heavy atom. The standard InChI is InChI=1S/C17H18ClNO4/c1-21-10-11-5-4-6-12(7-11)17(20)19-14-9-15(22-2)13(18)8-16(14)23-3/h4-9H,10H2,1-3H3,(H,19,20). The molecule has 0 radical (unpaired) electrons. The van der Waals surface area contributed by atoms with Gasteiger partial charge in [0.05, 0.1) is 31.5 Å². The lowest BCUT2D eigenvalue weighted by Crippen LogP contribution is -2.13. The highest BCUT2D eigenvalue weighted by molar-refractivity contribution is 6.32. The van der Waals surface area contributed by atoms with E-state index in [4.69, 9.17) is 25.8 Å². The molecular weight excluding hydrogens is 318 g/mol. The molecule has 23 heavy (non-hydrogen) atoms. The molecule has 2 rings (SSSR count).